The van der Waals surface area contributed by atoms with Crippen LogP contribution in [0.25, 0.3) is 11.4 Å². The van der Waals surface area contributed by atoms with Gasteiger partial charge < -0.3 is 0 Å². The van der Waals surface area contributed by atoms with Crippen LogP contribution < -0.4 is 0 Å². The third kappa shape index (κ3) is 3.94. The van der Waals surface area contributed by atoms with E-state index in [0.717, 1.165) is 25.1 Å². The Morgan fingerprint density at radius 2 is 1.81 bits per heavy atom. The van der Waals surface area contributed by atoms with Gasteiger partial charge in [0.05, 0.1) is 6.54 Å². The Balaban J connectivity index is 1.33. The average molecular weight is 368 g/mol. The maximum atomic E-state index is 5.92. The predicted octanol–water partition coefficient (Wildman–Crippen LogP) is 4.22. The molecule has 1 atom stereocenters. The van der Waals surface area contributed by atoms with Crippen molar-refractivity contribution in [2.24, 2.45) is 0 Å². The lowest BCUT2D eigenvalue weighted by molar-refractivity contribution is 0.245. The fraction of sp³-hybridized carbons (Fsp3) is 0.350. The lowest BCUT2D eigenvalue weighted by Gasteiger charge is -2.24. The topological polar surface area (TPSA) is 46.8 Å². The van der Waals surface area contributed by atoms with Gasteiger partial charge in [-0.25, -0.2) is 0 Å². The van der Waals surface area contributed by atoms with Crippen LogP contribution in [0.3, 0.4) is 0 Å². The number of tetrazole rings is 1. The normalized spacial score (nSPS) is 17.7. The summed E-state index contributed by atoms with van der Waals surface area (Å²) in [4.78, 5) is 4.27. The Kier molecular flexibility index (Phi) is 5.27. The minimum atomic E-state index is 0.546. The number of benzene rings is 2. The van der Waals surface area contributed by atoms with E-state index in [2.05, 4.69) is 50.6 Å². The van der Waals surface area contributed by atoms with Crippen molar-refractivity contribution < 1.29 is 0 Å². The standard InChI is InChI=1S/C20H22ClN5/c21-18-11-9-17(10-12-18)20-22-24-26(23-20)15-5-14-25-13-4-8-19(25)16-6-2-1-3-7-16/h1-3,6-7,9-12,19H,4-5,8,13-15H2. The van der Waals surface area contributed by atoms with Crippen LogP contribution in [0.2, 0.25) is 5.02 Å². The van der Waals surface area contributed by atoms with Gasteiger partial charge in [0.25, 0.3) is 0 Å². The molecule has 0 amide bonds. The van der Waals surface area contributed by atoms with Gasteiger partial charge in [-0.3, -0.25) is 4.90 Å². The van der Waals surface area contributed by atoms with Crippen molar-refractivity contribution in [3.8, 4) is 11.4 Å². The first-order valence-corrected chi connectivity index (χ1v) is 9.50. The predicted molar refractivity (Wildman–Crippen MR) is 103 cm³/mol. The van der Waals surface area contributed by atoms with E-state index in [-0.39, 0.29) is 0 Å². The van der Waals surface area contributed by atoms with E-state index in [1.54, 1.807) is 4.80 Å². The number of hydrogen-bond donors (Lipinski definition) is 0. The molecule has 1 fully saturated rings. The minimum Gasteiger partial charge on any atom is -0.296 e. The first-order valence-electron chi connectivity index (χ1n) is 9.12. The first-order chi connectivity index (χ1) is 12.8. The van der Waals surface area contributed by atoms with Gasteiger partial charge in [0.1, 0.15) is 0 Å². The molecule has 3 aromatic rings. The van der Waals surface area contributed by atoms with Crippen molar-refractivity contribution in [1.29, 1.82) is 0 Å². The molecule has 0 radical (unpaired) electrons. The van der Waals surface area contributed by atoms with Gasteiger partial charge >= 0.3 is 0 Å². The summed E-state index contributed by atoms with van der Waals surface area (Å²) in [5.41, 5.74) is 2.36. The summed E-state index contributed by atoms with van der Waals surface area (Å²) in [6.45, 7) is 3.00. The second kappa shape index (κ2) is 7.98. The number of nitrogens with zero attached hydrogens (tertiary/aromatic N) is 5. The number of rotatable bonds is 6. The maximum Gasteiger partial charge on any atom is 0.204 e. The van der Waals surface area contributed by atoms with Crippen LogP contribution in [0.15, 0.2) is 54.6 Å². The summed E-state index contributed by atoms with van der Waals surface area (Å²) < 4.78 is 0. The van der Waals surface area contributed by atoms with Crippen molar-refractivity contribution in [1.82, 2.24) is 25.1 Å². The molecule has 1 saturated heterocycles. The summed E-state index contributed by atoms with van der Waals surface area (Å²) in [5.74, 6) is 0.644. The van der Waals surface area contributed by atoms with Gasteiger partial charge in [-0.05, 0) is 60.8 Å². The van der Waals surface area contributed by atoms with Crippen LogP contribution in [0.1, 0.15) is 30.9 Å². The molecular formula is C20H22ClN5. The SMILES string of the molecule is Clc1ccc(-c2nnn(CCCN3CCCC3c3ccccc3)n2)cc1. The molecule has 0 spiro atoms. The molecule has 5 nitrogen and oxygen atoms in total. The highest BCUT2D eigenvalue weighted by molar-refractivity contribution is 6.30. The van der Waals surface area contributed by atoms with Crippen LogP contribution in [0.5, 0.6) is 0 Å². The van der Waals surface area contributed by atoms with Gasteiger partial charge in [0.2, 0.25) is 5.82 Å². The van der Waals surface area contributed by atoms with Gasteiger partial charge in [-0.2, -0.15) is 4.80 Å². The highest BCUT2D eigenvalue weighted by atomic mass is 35.5. The van der Waals surface area contributed by atoms with Crippen molar-refractivity contribution in [2.45, 2.75) is 31.8 Å². The van der Waals surface area contributed by atoms with Crippen molar-refractivity contribution in [3.05, 3.63) is 65.2 Å². The Morgan fingerprint density at radius 3 is 2.62 bits per heavy atom. The van der Waals surface area contributed by atoms with E-state index >= 15 is 0 Å². The third-order valence-corrected chi connectivity index (χ3v) is 5.16. The molecular weight excluding hydrogens is 346 g/mol. The molecule has 1 unspecified atom stereocenters. The van der Waals surface area contributed by atoms with Crippen LogP contribution in [0.4, 0.5) is 0 Å². The average Bonchev–Trinajstić information content (AvgIpc) is 3.33. The zero-order valence-corrected chi connectivity index (χ0v) is 15.4. The van der Waals surface area contributed by atoms with E-state index in [9.17, 15) is 0 Å². The summed E-state index contributed by atoms with van der Waals surface area (Å²) in [7, 11) is 0. The van der Waals surface area contributed by atoms with E-state index in [1.807, 2.05) is 24.3 Å². The molecule has 2 aromatic carbocycles. The highest BCUT2D eigenvalue weighted by Gasteiger charge is 2.25. The number of aryl methyl sites for hydroxylation is 1. The minimum absolute atomic E-state index is 0.546. The van der Waals surface area contributed by atoms with Crippen LogP contribution in [-0.4, -0.2) is 38.2 Å². The lowest BCUT2D eigenvalue weighted by Crippen LogP contribution is -2.25. The molecule has 134 valence electrons. The molecule has 4 rings (SSSR count). The van der Waals surface area contributed by atoms with E-state index in [1.165, 1.54) is 24.9 Å². The molecule has 26 heavy (non-hydrogen) atoms. The number of hydrogen-bond acceptors (Lipinski definition) is 4. The maximum absolute atomic E-state index is 5.92. The highest BCUT2D eigenvalue weighted by Crippen LogP contribution is 2.31. The summed E-state index contributed by atoms with van der Waals surface area (Å²) >= 11 is 5.92. The fourth-order valence-corrected chi connectivity index (χ4v) is 3.74. The van der Waals surface area contributed by atoms with Gasteiger partial charge in [0, 0.05) is 23.2 Å². The molecule has 2 heterocycles. The van der Waals surface area contributed by atoms with Gasteiger partial charge in [-0.1, -0.05) is 41.9 Å². The number of likely N-dealkylation sites (tertiary alicyclic amines) is 1. The number of halogens is 1. The summed E-state index contributed by atoms with van der Waals surface area (Å²) in [5, 5.41) is 13.5. The van der Waals surface area contributed by atoms with Crippen molar-refractivity contribution in [2.75, 3.05) is 13.1 Å². The van der Waals surface area contributed by atoms with Crippen LogP contribution >= 0.6 is 11.6 Å². The van der Waals surface area contributed by atoms with Crippen molar-refractivity contribution >= 4 is 11.6 Å². The quantitative estimate of drug-likeness (QED) is 0.654. The zero-order valence-electron chi connectivity index (χ0n) is 14.6. The molecule has 1 aliphatic heterocycles. The molecule has 1 aromatic heterocycles. The first kappa shape index (κ1) is 17.2. The van der Waals surface area contributed by atoms with Gasteiger partial charge in [0.15, 0.2) is 0 Å². The molecule has 1 aliphatic rings. The zero-order chi connectivity index (χ0) is 17.8. The van der Waals surface area contributed by atoms with Gasteiger partial charge in [-0.15, -0.1) is 10.2 Å². The molecule has 0 N–H and O–H groups in total. The molecule has 0 saturated carbocycles. The number of aromatic nitrogens is 4. The lowest BCUT2D eigenvalue weighted by atomic mass is 10.0. The van der Waals surface area contributed by atoms with E-state index < -0.39 is 0 Å². The molecule has 0 bridgehead atoms. The smallest absolute Gasteiger partial charge is 0.204 e. The molecule has 0 aliphatic carbocycles. The van der Waals surface area contributed by atoms with Crippen molar-refractivity contribution in [3.63, 3.8) is 0 Å². The van der Waals surface area contributed by atoms with Crippen LogP contribution in [-0.2, 0) is 6.54 Å². The Hall–Kier alpha value is -2.24. The fourth-order valence-electron chi connectivity index (χ4n) is 3.61. The summed E-state index contributed by atoms with van der Waals surface area (Å²) in [6, 6.07) is 18.9. The largest absolute Gasteiger partial charge is 0.296 e. The van der Waals surface area contributed by atoms with E-state index in [4.69, 9.17) is 11.6 Å². The Morgan fingerprint density at radius 1 is 1.00 bits per heavy atom. The third-order valence-electron chi connectivity index (χ3n) is 4.91. The van der Waals surface area contributed by atoms with E-state index in [0.29, 0.717) is 16.9 Å². The Labute approximate surface area is 158 Å². The monoisotopic (exact) mass is 367 g/mol. The molecule has 6 heteroatoms. The van der Waals surface area contributed by atoms with Crippen LogP contribution in [0, 0.1) is 0 Å². The Bertz CT molecular complexity index is 831. The summed E-state index contributed by atoms with van der Waals surface area (Å²) in [6.07, 6.45) is 3.52. The second-order valence-corrected chi connectivity index (χ2v) is 7.11. The second-order valence-electron chi connectivity index (χ2n) is 6.67.